The Morgan fingerprint density at radius 2 is 2.24 bits per heavy atom. The molecule has 1 unspecified atom stereocenters. The predicted octanol–water partition coefficient (Wildman–Crippen LogP) is 0.760. The molecule has 0 saturated carbocycles. The number of morpholine rings is 1. The third kappa shape index (κ3) is 5.17. The Morgan fingerprint density at radius 3 is 2.96 bits per heavy atom. The van der Waals surface area contributed by atoms with Crippen LogP contribution in [0.3, 0.4) is 0 Å². The van der Waals surface area contributed by atoms with Crippen LogP contribution in [0.15, 0.2) is 24.3 Å². The summed E-state index contributed by atoms with van der Waals surface area (Å²) in [5.74, 6) is 1.00. The van der Waals surface area contributed by atoms with Crippen LogP contribution in [0.4, 0.5) is 0 Å². The van der Waals surface area contributed by atoms with Gasteiger partial charge in [-0.3, -0.25) is 9.69 Å². The first-order valence-corrected chi connectivity index (χ1v) is 9.19. The lowest BCUT2D eigenvalue weighted by Gasteiger charge is -2.33. The molecule has 1 aromatic carbocycles. The maximum atomic E-state index is 13.0. The van der Waals surface area contributed by atoms with E-state index >= 15 is 0 Å². The standard InChI is InChI=1S/C19H29N3O3/c1-24-18-4-2-3-16(13-18)14-19(23)22(17-5-6-20-15-17)8-7-21-9-11-25-12-10-21/h2-4,13,17,20H,5-12,14-15H2,1H3. The van der Waals surface area contributed by atoms with E-state index in [1.165, 1.54) is 0 Å². The minimum atomic E-state index is 0.204. The van der Waals surface area contributed by atoms with Gasteiger partial charge >= 0.3 is 0 Å². The van der Waals surface area contributed by atoms with E-state index < -0.39 is 0 Å². The molecule has 0 radical (unpaired) electrons. The number of hydrogen-bond donors (Lipinski definition) is 1. The monoisotopic (exact) mass is 347 g/mol. The molecule has 1 aromatic rings. The van der Waals surface area contributed by atoms with E-state index in [1.807, 2.05) is 24.3 Å². The van der Waals surface area contributed by atoms with Crippen LogP contribution >= 0.6 is 0 Å². The summed E-state index contributed by atoms with van der Waals surface area (Å²) in [5, 5.41) is 3.38. The molecule has 6 nitrogen and oxygen atoms in total. The van der Waals surface area contributed by atoms with Gasteiger partial charge in [-0.25, -0.2) is 0 Å². The zero-order valence-corrected chi connectivity index (χ0v) is 15.1. The summed E-state index contributed by atoms with van der Waals surface area (Å²) >= 11 is 0. The lowest BCUT2D eigenvalue weighted by Crippen LogP contribution is -2.48. The van der Waals surface area contributed by atoms with E-state index in [4.69, 9.17) is 9.47 Å². The predicted molar refractivity (Wildman–Crippen MR) is 96.9 cm³/mol. The van der Waals surface area contributed by atoms with Gasteiger partial charge in [0.15, 0.2) is 0 Å². The molecule has 1 amide bonds. The van der Waals surface area contributed by atoms with Gasteiger partial charge in [-0.2, -0.15) is 0 Å². The van der Waals surface area contributed by atoms with Gasteiger partial charge in [-0.1, -0.05) is 12.1 Å². The molecule has 0 spiro atoms. The number of benzene rings is 1. The molecule has 2 aliphatic heterocycles. The van der Waals surface area contributed by atoms with Crippen LogP contribution in [0.1, 0.15) is 12.0 Å². The van der Waals surface area contributed by atoms with Crippen molar-refractivity contribution in [1.29, 1.82) is 0 Å². The summed E-state index contributed by atoms with van der Waals surface area (Å²) in [4.78, 5) is 17.5. The molecule has 6 heteroatoms. The van der Waals surface area contributed by atoms with Gasteiger partial charge in [0.2, 0.25) is 5.91 Å². The summed E-state index contributed by atoms with van der Waals surface area (Å²) in [7, 11) is 1.65. The van der Waals surface area contributed by atoms with Crippen LogP contribution in [0.25, 0.3) is 0 Å². The molecule has 2 aliphatic rings. The lowest BCUT2D eigenvalue weighted by molar-refractivity contribution is -0.132. The second kappa shape index (κ2) is 9.17. The van der Waals surface area contributed by atoms with Crippen molar-refractivity contribution >= 4 is 5.91 Å². The number of methoxy groups -OCH3 is 1. The molecule has 1 N–H and O–H groups in total. The van der Waals surface area contributed by atoms with E-state index in [1.54, 1.807) is 7.11 Å². The van der Waals surface area contributed by atoms with Gasteiger partial charge in [0, 0.05) is 38.8 Å². The van der Waals surface area contributed by atoms with Crippen molar-refractivity contribution in [3.8, 4) is 5.75 Å². The zero-order valence-electron chi connectivity index (χ0n) is 15.1. The molecular formula is C19H29N3O3. The average Bonchev–Trinajstić information content (AvgIpc) is 3.17. The van der Waals surface area contributed by atoms with Crippen molar-refractivity contribution < 1.29 is 14.3 Å². The van der Waals surface area contributed by atoms with E-state index in [9.17, 15) is 4.79 Å². The molecular weight excluding hydrogens is 318 g/mol. The smallest absolute Gasteiger partial charge is 0.227 e. The Bertz CT molecular complexity index is 555. The Hall–Kier alpha value is -1.63. The Kier molecular flexibility index (Phi) is 6.67. The molecule has 1 atom stereocenters. The van der Waals surface area contributed by atoms with Gasteiger partial charge in [0.05, 0.1) is 26.7 Å². The molecule has 2 heterocycles. The summed E-state index contributed by atoms with van der Waals surface area (Å²) in [6, 6.07) is 8.10. The Balaban J connectivity index is 1.61. The first-order chi connectivity index (χ1) is 12.3. The minimum absolute atomic E-state index is 0.204. The fourth-order valence-corrected chi connectivity index (χ4v) is 3.55. The van der Waals surface area contributed by atoms with Crippen LogP contribution in [-0.2, 0) is 16.0 Å². The molecule has 2 fully saturated rings. The van der Waals surface area contributed by atoms with Gasteiger partial charge < -0.3 is 19.7 Å². The maximum Gasteiger partial charge on any atom is 0.227 e. The molecule has 3 rings (SSSR count). The average molecular weight is 347 g/mol. The number of carbonyl (C=O) groups is 1. The fourth-order valence-electron chi connectivity index (χ4n) is 3.55. The number of nitrogens with one attached hydrogen (secondary N) is 1. The normalized spacial score (nSPS) is 21.2. The van der Waals surface area contributed by atoms with E-state index in [-0.39, 0.29) is 5.91 Å². The largest absolute Gasteiger partial charge is 0.497 e. The van der Waals surface area contributed by atoms with Crippen LogP contribution in [-0.4, -0.2) is 81.3 Å². The van der Waals surface area contributed by atoms with Crippen molar-refractivity contribution in [2.45, 2.75) is 18.9 Å². The molecule has 0 bridgehead atoms. The summed E-state index contributed by atoms with van der Waals surface area (Å²) in [6.45, 7) is 7.10. The van der Waals surface area contributed by atoms with E-state index in [0.717, 1.165) is 70.2 Å². The maximum absolute atomic E-state index is 13.0. The number of nitrogens with zero attached hydrogens (tertiary/aromatic N) is 2. The highest BCUT2D eigenvalue weighted by Gasteiger charge is 2.27. The van der Waals surface area contributed by atoms with E-state index in [2.05, 4.69) is 15.1 Å². The second-order valence-corrected chi connectivity index (χ2v) is 6.72. The highest BCUT2D eigenvalue weighted by atomic mass is 16.5. The Labute approximate surface area is 150 Å². The lowest BCUT2D eigenvalue weighted by atomic mass is 10.1. The number of carbonyl (C=O) groups excluding carboxylic acids is 1. The molecule has 2 saturated heterocycles. The van der Waals surface area contributed by atoms with Gasteiger partial charge in [-0.15, -0.1) is 0 Å². The molecule has 0 aliphatic carbocycles. The number of hydrogen-bond acceptors (Lipinski definition) is 5. The number of rotatable bonds is 7. The summed E-state index contributed by atoms with van der Waals surface area (Å²) in [6.07, 6.45) is 1.46. The fraction of sp³-hybridized carbons (Fsp3) is 0.632. The second-order valence-electron chi connectivity index (χ2n) is 6.72. The highest BCUT2D eigenvalue weighted by Crippen LogP contribution is 2.16. The van der Waals surface area contributed by atoms with Gasteiger partial charge in [0.25, 0.3) is 0 Å². The van der Waals surface area contributed by atoms with Crippen molar-refractivity contribution in [3.05, 3.63) is 29.8 Å². The first kappa shape index (κ1) is 18.2. The number of ether oxygens (including phenoxy) is 2. The third-order valence-corrected chi connectivity index (χ3v) is 5.05. The highest BCUT2D eigenvalue weighted by molar-refractivity contribution is 5.79. The van der Waals surface area contributed by atoms with Crippen LogP contribution in [0.2, 0.25) is 0 Å². The summed E-state index contributed by atoms with van der Waals surface area (Å²) < 4.78 is 10.7. The van der Waals surface area contributed by atoms with Crippen LogP contribution in [0, 0.1) is 0 Å². The number of amides is 1. The quantitative estimate of drug-likeness (QED) is 0.789. The van der Waals surface area contributed by atoms with Crippen molar-refractivity contribution in [2.24, 2.45) is 0 Å². The topological polar surface area (TPSA) is 54.0 Å². The van der Waals surface area contributed by atoms with Gasteiger partial charge in [0.1, 0.15) is 5.75 Å². The van der Waals surface area contributed by atoms with Crippen molar-refractivity contribution in [3.63, 3.8) is 0 Å². The first-order valence-electron chi connectivity index (χ1n) is 9.19. The third-order valence-electron chi connectivity index (χ3n) is 5.05. The summed E-state index contributed by atoms with van der Waals surface area (Å²) in [5.41, 5.74) is 1.01. The zero-order chi connectivity index (χ0) is 17.5. The van der Waals surface area contributed by atoms with Crippen molar-refractivity contribution in [2.75, 3.05) is 59.6 Å². The van der Waals surface area contributed by atoms with Crippen LogP contribution in [0.5, 0.6) is 5.75 Å². The molecule has 25 heavy (non-hydrogen) atoms. The van der Waals surface area contributed by atoms with Crippen molar-refractivity contribution in [1.82, 2.24) is 15.1 Å². The Morgan fingerprint density at radius 1 is 1.40 bits per heavy atom. The molecule has 0 aromatic heterocycles. The molecule has 138 valence electrons. The van der Waals surface area contributed by atoms with Gasteiger partial charge in [-0.05, 0) is 30.7 Å². The SMILES string of the molecule is COc1cccc(CC(=O)N(CCN2CCOCC2)C2CCNC2)c1. The van der Waals surface area contributed by atoms with Crippen LogP contribution < -0.4 is 10.1 Å². The van der Waals surface area contributed by atoms with E-state index in [0.29, 0.717) is 12.5 Å². The minimum Gasteiger partial charge on any atom is -0.497 e.